The van der Waals surface area contributed by atoms with Crippen LogP contribution in [0.4, 0.5) is 8.78 Å². The van der Waals surface area contributed by atoms with Crippen molar-refractivity contribution < 1.29 is 21.4 Å². The number of benzene rings is 3. The first-order valence-electron chi connectivity index (χ1n) is 10.1. The number of fused-ring (bicyclic) bond motifs is 3. The summed E-state index contributed by atoms with van der Waals surface area (Å²) in [5.41, 5.74) is 1.94. The molecule has 4 rings (SSSR count). The average molecular weight is 473 g/mol. The zero-order valence-corrected chi connectivity index (χ0v) is 19.1. The molecule has 0 unspecified atom stereocenters. The molecule has 1 heterocycles. The smallest absolute Gasteiger partial charge is 0.260 e. The summed E-state index contributed by atoms with van der Waals surface area (Å²) in [6.45, 7) is 0.610. The molecule has 0 aliphatic heterocycles. The molecular weight excluding hydrogens is 450 g/mol. The second-order valence-electron chi connectivity index (χ2n) is 7.66. The summed E-state index contributed by atoms with van der Waals surface area (Å²) in [6.07, 6.45) is 3.00. The van der Waals surface area contributed by atoms with Gasteiger partial charge in [-0.2, -0.15) is 8.42 Å². The minimum absolute atomic E-state index is 0.133. The summed E-state index contributed by atoms with van der Waals surface area (Å²) < 4.78 is 59.6. The predicted octanol–water partition coefficient (Wildman–Crippen LogP) is 6.89. The summed E-state index contributed by atoms with van der Waals surface area (Å²) in [7, 11) is -4.22. The van der Waals surface area contributed by atoms with E-state index in [9.17, 15) is 17.2 Å². The van der Waals surface area contributed by atoms with Crippen LogP contribution in [-0.2, 0) is 20.7 Å². The Balaban J connectivity index is 1.39. The molecule has 0 aliphatic rings. The molecule has 0 radical (unpaired) electrons. The molecule has 32 heavy (non-hydrogen) atoms. The van der Waals surface area contributed by atoms with Gasteiger partial charge in [-0.05, 0) is 37.1 Å². The predicted molar refractivity (Wildman–Crippen MR) is 126 cm³/mol. The highest BCUT2D eigenvalue weighted by molar-refractivity contribution is 7.86. The maximum atomic E-state index is 14.2. The van der Waals surface area contributed by atoms with Gasteiger partial charge in [0.25, 0.3) is 16.0 Å². The second-order valence-corrected chi connectivity index (χ2v) is 10.3. The van der Waals surface area contributed by atoms with E-state index in [2.05, 4.69) is 22.4 Å². The van der Waals surface area contributed by atoms with Crippen LogP contribution in [0.5, 0.6) is 0 Å². The Kier molecular flexibility index (Phi) is 6.42. The number of hydrogen-bond acceptors (Lipinski definition) is 4. The summed E-state index contributed by atoms with van der Waals surface area (Å²) in [5, 5.41) is 2.35. The fourth-order valence-corrected chi connectivity index (χ4v) is 5.59. The minimum Gasteiger partial charge on any atom is -0.260 e. The van der Waals surface area contributed by atoms with E-state index >= 15 is 0 Å². The molecule has 0 aliphatic carbocycles. The SMILES string of the molecule is Cc1ccc(S(=O)(=O)OCC(F)(F)C/C=C/Cc2cccc3c2sc2ccccc23)cc1. The Hall–Kier alpha value is -2.61. The molecular formula is C25H22F2O3S2. The third kappa shape index (κ3) is 5.06. The van der Waals surface area contributed by atoms with Crippen LogP contribution in [0.2, 0.25) is 0 Å². The molecule has 0 saturated carbocycles. The average Bonchev–Trinajstić information content (AvgIpc) is 3.15. The quantitative estimate of drug-likeness (QED) is 0.207. The largest absolute Gasteiger partial charge is 0.297 e. The summed E-state index contributed by atoms with van der Waals surface area (Å²) in [4.78, 5) is -0.133. The van der Waals surface area contributed by atoms with Crippen molar-refractivity contribution in [2.75, 3.05) is 6.61 Å². The molecule has 0 spiro atoms. The number of alkyl halides is 2. The Morgan fingerprint density at radius 2 is 1.66 bits per heavy atom. The Morgan fingerprint density at radius 1 is 0.938 bits per heavy atom. The Labute approximate surface area is 190 Å². The van der Waals surface area contributed by atoms with Gasteiger partial charge in [-0.25, -0.2) is 8.78 Å². The second kappa shape index (κ2) is 9.10. The number of allylic oxidation sites excluding steroid dienone is 2. The maximum absolute atomic E-state index is 14.2. The molecule has 7 heteroatoms. The Bertz CT molecular complexity index is 1370. The first kappa shape index (κ1) is 22.6. The van der Waals surface area contributed by atoms with Crippen LogP contribution in [0.15, 0.2) is 83.8 Å². The number of aryl methyl sites for hydroxylation is 1. The van der Waals surface area contributed by atoms with Crippen LogP contribution in [-0.4, -0.2) is 20.9 Å². The Morgan fingerprint density at radius 3 is 2.44 bits per heavy atom. The molecule has 3 nitrogen and oxygen atoms in total. The van der Waals surface area contributed by atoms with Crippen molar-refractivity contribution in [3.8, 4) is 0 Å². The highest BCUT2D eigenvalue weighted by atomic mass is 32.2. The topological polar surface area (TPSA) is 43.4 Å². The van der Waals surface area contributed by atoms with E-state index in [0.29, 0.717) is 6.42 Å². The maximum Gasteiger partial charge on any atom is 0.297 e. The lowest BCUT2D eigenvalue weighted by atomic mass is 10.1. The van der Waals surface area contributed by atoms with Crippen molar-refractivity contribution in [3.63, 3.8) is 0 Å². The van der Waals surface area contributed by atoms with Gasteiger partial charge in [0.1, 0.15) is 6.61 Å². The van der Waals surface area contributed by atoms with E-state index in [1.54, 1.807) is 36.5 Å². The van der Waals surface area contributed by atoms with Gasteiger partial charge in [0.05, 0.1) is 4.90 Å². The van der Waals surface area contributed by atoms with E-state index in [-0.39, 0.29) is 4.90 Å². The number of hydrogen-bond donors (Lipinski definition) is 0. The zero-order valence-electron chi connectivity index (χ0n) is 17.4. The lowest BCUT2D eigenvalue weighted by molar-refractivity contribution is -0.0360. The van der Waals surface area contributed by atoms with E-state index in [0.717, 1.165) is 21.2 Å². The third-order valence-electron chi connectivity index (χ3n) is 5.14. The molecule has 1 aromatic heterocycles. The van der Waals surface area contributed by atoms with E-state index in [1.165, 1.54) is 28.3 Å². The molecule has 166 valence electrons. The van der Waals surface area contributed by atoms with Gasteiger partial charge in [0.2, 0.25) is 0 Å². The molecule has 0 amide bonds. The monoisotopic (exact) mass is 472 g/mol. The van der Waals surface area contributed by atoms with Crippen molar-refractivity contribution in [1.82, 2.24) is 0 Å². The fourth-order valence-electron chi connectivity index (χ4n) is 3.43. The van der Waals surface area contributed by atoms with Gasteiger partial charge >= 0.3 is 0 Å². The first-order valence-corrected chi connectivity index (χ1v) is 12.4. The van der Waals surface area contributed by atoms with Gasteiger partial charge in [-0.15, -0.1) is 11.3 Å². The molecule has 0 bridgehead atoms. The summed E-state index contributed by atoms with van der Waals surface area (Å²) in [5.74, 6) is -3.29. The zero-order chi connectivity index (χ0) is 22.8. The van der Waals surface area contributed by atoms with Crippen molar-refractivity contribution >= 4 is 41.6 Å². The van der Waals surface area contributed by atoms with Gasteiger partial charge in [0, 0.05) is 26.6 Å². The minimum atomic E-state index is -4.22. The normalized spacial score (nSPS) is 12.8. The summed E-state index contributed by atoms with van der Waals surface area (Å²) >= 11 is 1.69. The van der Waals surface area contributed by atoms with Crippen LogP contribution < -0.4 is 0 Å². The molecule has 0 N–H and O–H groups in total. The molecule has 4 aromatic rings. The third-order valence-corrected chi connectivity index (χ3v) is 7.68. The molecule has 3 aromatic carbocycles. The number of rotatable bonds is 8. The van der Waals surface area contributed by atoms with Crippen molar-refractivity contribution in [1.29, 1.82) is 0 Å². The van der Waals surface area contributed by atoms with Crippen molar-refractivity contribution in [3.05, 3.63) is 90.0 Å². The van der Waals surface area contributed by atoms with Gasteiger partial charge in [-0.1, -0.05) is 66.2 Å². The lowest BCUT2D eigenvalue weighted by Gasteiger charge is -2.14. The van der Waals surface area contributed by atoms with Gasteiger partial charge in [-0.3, -0.25) is 4.18 Å². The lowest BCUT2D eigenvalue weighted by Crippen LogP contribution is -2.25. The van der Waals surface area contributed by atoms with E-state index in [1.807, 2.05) is 24.3 Å². The first-order chi connectivity index (χ1) is 15.3. The van der Waals surface area contributed by atoms with Gasteiger partial charge < -0.3 is 0 Å². The van der Waals surface area contributed by atoms with Crippen LogP contribution >= 0.6 is 11.3 Å². The van der Waals surface area contributed by atoms with Crippen LogP contribution in [0, 0.1) is 6.92 Å². The number of halogens is 2. The van der Waals surface area contributed by atoms with Crippen molar-refractivity contribution in [2.24, 2.45) is 0 Å². The van der Waals surface area contributed by atoms with Crippen LogP contribution in [0.1, 0.15) is 17.5 Å². The summed E-state index contributed by atoms with van der Waals surface area (Å²) in [6, 6.07) is 20.1. The fraction of sp³-hybridized carbons (Fsp3) is 0.200. The van der Waals surface area contributed by atoms with E-state index < -0.39 is 29.1 Å². The highest BCUT2D eigenvalue weighted by Crippen LogP contribution is 2.36. The standard InChI is InChI=1S/C25H22F2O3S2/c1-18-12-14-20(15-13-18)32(28,29)30-17-25(26,27)16-5-4-7-19-8-6-10-22-21-9-2-3-11-23(21)31-24(19)22/h2-6,8-15H,7,16-17H2,1H3/b5-4+. The molecule has 0 fully saturated rings. The van der Waals surface area contributed by atoms with Gasteiger partial charge in [0.15, 0.2) is 0 Å². The van der Waals surface area contributed by atoms with Crippen LogP contribution in [0.3, 0.4) is 0 Å². The highest BCUT2D eigenvalue weighted by Gasteiger charge is 2.31. The number of thiophene rings is 1. The molecule has 0 saturated heterocycles. The molecule has 0 atom stereocenters. The van der Waals surface area contributed by atoms with Crippen LogP contribution in [0.25, 0.3) is 20.2 Å². The van der Waals surface area contributed by atoms with Crippen molar-refractivity contribution in [2.45, 2.75) is 30.6 Å². The van der Waals surface area contributed by atoms with E-state index in [4.69, 9.17) is 0 Å².